The van der Waals surface area contributed by atoms with Gasteiger partial charge in [0.05, 0.1) is 0 Å². The summed E-state index contributed by atoms with van der Waals surface area (Å²) in [5.74, 6) is 1.85. The average molecular weight is 198 g/mol. The van der Waals surface area contributed by atoms with Gasteiger partial charge in [-0.25, -0.2) is 0 Å². The highest BCUT2D eigenvalue weighted by Gasteiger charge is 2.19. The molecule has 0 aromatic rings. The van der Waals surface area contributed by atoms with Crippen molar-refractivity contribution in [2.45, 2.75) is 64.7 Å². The van der Waals surface area contributed by atoms with E-state index >= 15 is 0 Å². The fourth-order valence-electron chi connectivity index (χ4n) is 2.67. The molecule has 0 bridgehead atoms. The molecular formula is C13H26O. The number of hydrogen-bond donors (Lipinski definition) is 1. The normalized spacial score (nSPS) is 27.9. The highest BCUT2D eigenvalue weighted by molar-refractivity contribution is 4.72. The van der Waals surface area contributed by atoms with Gasteiger partial charge in [0.1, 0.15) is 0 Å². The summed E-state index contributed by atoms with van der Waals surface area (Å²) in [4.78, 5) is 0. The van der Waals surface area contributed by atoms with Crippen LogP contribution in [0.3, 0.4) is 0 Å². The lowest BCUT2D eigenvalue weighted by molar-refractivity contribution is 0.200. The van der Waals surface area contributed by atoms with Crippen molar-refractivity contribution in [1.29, 1.82) is 0 Å². The lowest BCUT2D eigenvalue weighted by atomic mass is 9.79. The Labute approximate surface area is 88.9 Å². The maximum Gasteiger partial charge on any atom is 0.0433 e. The van der Waals surface area contributed by atoms with E-state index < -0.39 is 0 Å². The molecule has 1 N–H and O–H groups in total. The van der Waals surface area contributed by atoms with Crippen LogP contribution in [-0.2, 0) is 0 Å². The summed E-state index contributed by atoms with van der Waals surface area (Å²) in [6.07, 6.45) is 12.3. The van der Waals surface area contributed by atoms with Crippen LogP contribution < -0.4 is 0 Å². The standard InChI is InChI=1S/C13H26O/c1-2-3-4-5-12-6-8-13(9-7-12)10-11-14/h12-14H,2-11H2,1H3. The van der Waals surface area contributed by atoms with Crippen LogP contribution in [0.4, 0.5) is 0 Å². The first-order valence-corrected chi connectivity index (χ1v) is 6.47. The molecular weight excluding hydrogens is 172 g/mol. The van der Waals surface area contributed by atoms with E-state index in [0.29, 0.717) is 6.61 Å². The van der Waals surface area contributed by atoms with Crippen LogP contribution in [0.25, 0.3) is 0 Å². The number of rotatable bonds is 6. The Kier molecular flexibility index (Phi) is 6.25. The van der Waals surface area contributed by atoms with Crippen molar-refractivity contribution in [3.8, 4) is 0 Å². The summed E-state index contributed by atoms with van der Waals surface area (Å²) in [5.41, 5.74) is 0. The van der Waals surface area contributed by atoms with Gasteiger partial charge in [0.2, 0.25) is 0 Å². The molecule has 84 valence electrons. The molecule has 1 nitrogen and oxygen atoms in total. The fraction of sp³-hybridized carbons (Fsp3) is 1.00. The Balaban J connectivity index is 2.03. The summed E-state index contributed by atoms with van der Waals surface area (Å²) in [7, 11) is 0. The largest absolute Gasteiger partial charge is 0.396 e. The van der Waals surface area contributed by atoms with Gasteiger partial charge < -0.3 is 5.11 Å². The first-order chi connectivity index (χ1) is 6.86. The van der Waals surface area contributed by atoms with E-state index in [0.717, 1.165) is 18.3 Å². The second-order valence-corrected chi connectivity index (χ2v) is 4.89. The highest BCUT2D eigenvalue weighted by atomic mass is 16.3. The number of aliphatic hydroxyl groups is 1. The molecule has 1 fully saturated rings. The van der Waals surface area contributed by atoms with Gasteiger partial charge in [-0.3, -0.25) is 0 Å². The molecule has 14 heavy (non-hydrogen) atoms. The van der Waals surface area contributed by atoms with Crippen molar-refractivity contribution in [2.75, 3.05) is 6.61 Å². The van der Waals surface area contributed by atoms with Crippen LogP contribution in [0.5, 0.6) is 0 Å². The van der Waals surface area contributed by atoms with Crippen molar-refractivity contribution >= 4 is 0 Å². The van der Waals surface area contributed by atoms with E-state index in [1.807, 2.05) is 0 Å². The van der Waals surface area contributed by atoms with Crippen molar-refractivity contribution in [1.82, 2.24) is 0 Å². The fourth-order valence-corrected chi connectivity index (χ4v) is 2.67. The van der Waals surface area contributed by atoms with Gasteiger partial charge in [0.25, 0.3) is 0 Å². The lowest BCUT2D eigenvalue weighted by Gasteiger charge is -2.28. The molecule has 0 unspecified atom stereocenters. The minimum Gasteiger partial charge on any atom is -0.396 e. The average Bonchev–Trinajstić information content (AvgIpc) is 2.21. The zero-order chi connectivity index (χ0) is 10.2. The van der Waals surface area contributed by atoms with Gasteiger partial charge in [-0.05, 0) is 18.3 Å². The molecule has 1 heteroatoms. The molecule has 0 radical (unpaired) electrons. The topological polar surface area (TPSA) is 20.2 Å². The van der Waals surface area contributed by atoms with Crippen LogP contribution in [0.15, 0.2) is 0 Å². The summed E-state index contributed by atoms with van der Waals surface area (Å²) >= 11 is 0. The van der Waals surface area contributed by atoms with Gasteiger partial charge in [-0.2, -0.15) is 0 Å². The van der Waals surface area contributed by atoms with E-state index in [9.17, 15) is 0 Å². The van der Waals surface area contributed by atoms with Gasteiger partial charge in [-0.15, -0.1) is 0 Å². The molecule has 0 aromatic carbocycles. The predicted octanol–water partition coefficient (Wildman–Crippen LogP) is 3.76. The molecule has 0 heterocycles. The van der Waals surface area contributed by atoms with Crippen LogP contribution in [-0.4, -0.2) is 11.7 Å². The Hall–Kier alpha value is -0.0400. The molecule has 0 aromatic heterocycles. The van der Waals surface area contributed by atoms with Gasteiger partial charge in [0, 0.05) is 6.61 Å². The van der Waals surface area contributed by atoms with Crippen molar-refractivity contribution in [2.24, 2.45) is 11.8 Å². The van der Waals surface area contributed by atoms with Crippen molar-refractivity contribution < 1.29 is 5.11 Å². The molecule has 0 saturated heterocycles. The molecule has 1 aliphatic rings. The second-order valence-electron chi connectivity index (χ2n) is 4.89. The van der Waals surface area contributed by atoms with Gasteiger partial charge >= 0.3 is 0 Å². The summed E-state index contributed by atoms with van der Waals surface area (Å²) in [5, 5.41) is 8.86. The monoisotopic (exact) mass is 198 g/mol. The Morgan fingerprint density at radius 2 is 1.50 bits per heavy atom. The van der Waals surface area contributed by atoms with E-state index in [1.165, 1.54) is 51.4 Å². The third-order valence-corrected chi connectivity index (χ3v) is 3.72. The third-order valence-electron chi connectivity index (χ3n) is 3.72. The van der Waals surface area contributed by atoms with E-state index in [4.69, 9.17) is 5.11 Å². The lowest BCUT2D eigenvalue weighted by Crippen LogP contribution is -2.15. The quantitative estimate of drug-likeness (QED) is 0.644. The molecule has 0 aliphatic heterocycles. The minimum absolute atomic E-state index is 0.394. The Morgan fingerprint density at radius 1 is 0.929 bits per heavy atom. The maximum absolute atomic E-state index is 8.86. The highest BCUT2D eigenvalue weighted by Crippen LogP contribution is 2.33. The van der Waals surface area contributed by atoms with Crippen molar-refractivity contribution in [3.63, 3.8) is 0 Å². The van der Waals surface area contributed by atoms with Gasteiger partial charge in [0.15, 0.2) is 0 Å². The zero-order valence-electron chi connectivity index (χ0n) is 9.67. The Bertz CT molecular complexity index is 125. The number of aliphatic hydroxyl groups excluding tert-OH is 1. The Morgan fingerprint density at radius 3 is 2.00 bits per heavy atom. The number of unbranched alkanes of at least 4 members (excludes halogenated alkanes) is 2. The molecule has 0 spiro atoms. The van der Waals surface area contributed by atoms with E-state index in [-0.39, 0.29) is 0 Å². The molecule has 0 amide bonds. The smallest absolute Gasteiger partial charge is 0.0433 e. The minimum atomic E-state index is 0.394. The van der Waals surface area contributed by atoms with Crippen LogP contribution >= 0.6 is 0 Å². The molecule has 0 atom stereocenters. The van der Waals surface area contributed by atoms with Crippen LogP contribution in [0, 0.1) is 11.8 Å². The summed E-state index contributed by atoms with van der Waals surface area (Å²) in [6, 6.07) is 0. The van der Waals surface area contributed by atoms with E-state index in [2.05, 4.69) is 6.92 Å². The second kappa shape index (κ2) is 7.28. The first kappa shape index (κ1) is 12.0. The maximum atomic E-state index is 8.86. The van der Waals surface area contributed by atoms with Crippen LogP contribution in [0.1, 0.15) is 64.7 Å². The van der Waals surface area contributed by atoms with Gasteiger partial charge in [-0.1, -0.05) is 58.3 Å². The number of hydrogen-bond acceptors (Lipinski definition) is 1. The van der Waals surface area contributed by atoms with Crippen LogP contribution in [0.2, 0.25) is 0 Å². The zero-order valence-corrected chi connectivity index (χ0v) is 9.67. The molecule has 1 aliphatic carbocycles. The third kappa shape index (κ3) is 4.45. The summed E-state index contributed by atoms with van der Waals surface area (Å²) < 4.78 is 0. The SMILES string of the molecule is CCCCCC1CCC(CCO)CC1. The predicted molar refractivity (Wildman–Crippen MR) is 61.3 cm³/mol. The van der Waals surface area contributed by atoms with Crippen molar-refractivity contribution in [3.05, 3.63) is 0 Å². The molecule has 1 rings (SSSR count). The summed E-state index contributed by atoms with van der Waals surface area (Å²) in [6.45, 7) is 2.67. The first-order valence-electron chi connectivity index (χ1n) is 6.47. The molecule has 1 saturated carbocycles. The van der Waals surface area contributed by atoms with E-state index in [1.54, 1.807) is 0 Å².